The van der Waals surface area contributed by atoms with Crippen LogP contribution >= 0.6 is 0 Å². The van der Waals surface area contributed by atoms with Gasteiger partial charge in [-0.25, -0.2) is 0 Å². The van der Waals surface area contributed by atoms with E-state index in [0.717, 1.165) is 0 Å². The average molecular weight is 184 g/mol. The second-order valence-corrected chi connectivity index (χ2v) is 2.19. The topological polar surface area (TPSA) is 81.3 Å². The van der Waals surface area contributed by atoms with E-state index in [-0.39, 0.29) is 13.2 Å². The predicted octanol–water partition coefficient (Wildman–Crippen LogP) is -0.244. The second-order valence-electron chi connectivity index (χ2n) is 2.19. The van der Waals surface area contributed by atoms with Crippen molar-refractivity contribution in [3.05, 3.63) is 17.5 Å². The lowest BCUT2D eigenvalue weighted by Crippen LogP contribution is -1.97. The maximum atomic E-state index is 9.89. The highest BCUT2D eigenvalue weighted by atomic mass is 16.5. The van der Waals surface area contributed by atoms with E-state index in [0.29, 0.717) is 24.2 Å². The van der Waals surface area contributed by atoms with Gasteiger partial charge in [0, 0.05) is 5.56 Å². The molecule has 0 bridgehead atoms. The van der Waals surface area contributed by atoms with Gasteiger partial charge in [-0.15, -0.1) is 0 Å². The molecule has 1 N–H and O–H groups in total. The van der Waals surface area contributed by atoms with E-state index in [1.807, 2.05) is 0 Å². The lowest BCUT2D eigenvalue weighted by Gasteiger charge is -1.99. The standard InChI is InChI=1S/C7H8N2O4/c10-4-12-2-6-1-8-9-7(6)3-13-5-11/h1,4-5H,2-3H2,(H,8,9). The Bertz CT molecular complexity index is 257. The van der Waals surface area contributed by atoms with E-state index >= 15 is 0 Å². The van der Waals surface area contributed by atoms with Gasteiger partial charge in [-0.2, -0.15) is 5.10 Å². The molecule has 0 aliphatic heterocycles. The molecule has 0 fully saturated rings. The summed E-state index contributed by atoms with van der Waals surface area (Å²) in [6, 6.07) is 0. The molecule has 0 radical (unpaired) electrons. The Morgan fingerprint density at radius 3 is 2.69 bits per heavy atom. The van der Waals surface area contributed by atoms with Crippen LogP contribution in [0, 0.1) is 0 Å². The number of rotatable bonds is 6. The Balaban J connectivity index is 2.54. The number of H-pyrrole nitrogens is 1. The van der Waals surface area contributed by atoms with Crippen molar-refractivity contribution < 1.29 is 19.1 Å². The minimum atomic E-state index is 0.0983. The van der Waals surface area contributed by atoms with Crippen molar-refractivity contribution >= 4 is 12.9 Å². The van der Waals surface area contributed by atoms with Crippen LogP contribution < -0.4 is 0 Å². The van der Waals surface area contributed by atoms with E-state index < -0.39 is 0 Å². The molecule has 0 atom stereocenters. The van der Waals surface area contributed by atoms with Crippen molar-refractivity contribution in [1.82, 2.24) is 10.2 Å². The Morgan fingerprint density at radius 2 is 2.00 bits per heavy atom. The number of ether oxygens (including phenoxy) is 2. The van der Waals surface area contributed by atoms with Crippen LogP contribution in [0.25, 0.3) is 0 Å². The molecule has 0 amide bonds. The molecule has 1 rings (SSSR count). The SMILES string of the molecule is O=COCc1cn[nH]c1COC=O. The van der Waals surface area contributed by atoms with Crippen molar-refractivity contribution in [3.8, 4) is 0 Å². The van der Waals surface area contributed by atoms with Gasteiger partial charge in [0.1, 0.15) is 13.2 Å². The second kappa shape index (κ2) is 4.91. The minimum absolute atomic E-state index is 0.0983. The number of hydrogen-bond donors (Lipinski definition) is 1. The maximum absolute atomic E-state index is 9.89. The molecule has 0 aromatic carbocycles. The molecule has 70 valence electrons. The predicted molar refractivity (Wildman–Crippen MR) is 40.3 cm³/mol. The van der Waals surface area contributed by atoms with Crippen LogP contribution in [0.2, 0.25) is 0 Å². The van der Waals surface area contributed by atoms with Crippen molar-refractivity contribution in [2.45, 2.75) is 13.2 Å². The van der Waals surface area contributed by atoms with Crippen molar-refractivity contribution in [3.63, 3.8) is 0 Å². The summed E-state index contributed by atoms with van der Waals surface area (Å²) < 4.78 is 9.02. The number of aromatic amines is 1. The lowest BCUT2D eigenvalue weighted by atomic mass is 10.3. The normalized spacial score (nSPS) is 9.23. The lowest BCUT2D eigenvalue weighted by molar-refractivity contribution is -0.131. The van der Waals surface area contributed by atoms with Crippen LogP contribution in [0.15, 0.2) is 6.20 Å². The number of carbonyl (C=O) groups excluding carboxylic acids is 2. The van der Waals surface area contributed by atoms with Gasteiger partial charge < -0.3 is 9.47 Å². The third kappa shape index (κ3) is 2.58. The molecule has 0 saturated carbocycles. The molecule has 1 aromatic heterocycles. The van der Waals surface area contributed by atoms with Crippen LogP contribution in [0.3, 0.4) is 0 Å². The maximum Gasteiger partial charge on any atom is 0.293 e. The van der Waals surface area contributed by atoms with Gasteiger partial charge in [0.15, 0.2) is 0 Å². The number of aromatic nitrogens is 2. The van der Waals surface area contributed by atoms with Crippen molar-refractivity contribution in [1.29, 1.82) is 0 Å². The summed E-state index contributed by atoms with van der Waals surface area (Å²) in [5, 5.41) is 6.33. The molecule has 13 heavy (non-hydrogen) atoms. The smallest absolute Gasteiger partial charge is 0.293 e. The summed E-state index contributed by atoms with van der Waals surface area (Å²) >= 11 is 0. The molecule has 0 unspecified atom stereocenters. The van der Waals surface area contributed by atoms with Crippen molar-refractivity contribution in [2.75, 3.05) is 0 Å². The molecule has 1 heterocycles. The Kier molecular flexibility index (Phi) is 3.49. The molecule has 0 spiro atoms. The molecule has 6 heteroatoms. The van der Waals surface area contributed by atoms with Crippen LogP contribution in [-0.2, 0) is 32.3 Å². The first kappa shape index (κ1) is 9.24. The average Bonchev–Trinajstić information content (AvgIpc) is 2.59. The summed E-state index contributed by atoms with van der Waals surface area (Å²) in [4.78, 5) is 19.8. The number of hydrogen-bond acceptors (Lipinski definition) is 5. The van der Waals surface area contributed by atoms with Gasteiger partial charge in [0.05, 0.1) is 11.9 Å². The summed E-state index contributed by atoms with van der Waals surface area (Å²) in [7, 11) is 0. The third-order valence-corrected chi connectivity index (χ3v) is 1.41. The summed E-state index contributed by atoms with van der Waals surface area (Å²) in [5.41, 5.74) is 1.31. The number of nitrogens with one attached hydrogen (secondary N) is 1. The fraction of sp³-hybridized carbons (Fsp3) is 0.286. The zero-order chi connectivity index (χ0) is 9.52. The minimum Gasteiger partial charge on any atom is -0.463 e. The Hall–Kier alpha value is -1.85. The molecule has 6 nitrogen and oxygen atoms in total. The zero-order valence-electron chi connectivity index (χ0n) is 6.73. The first-order valence-corrected chi connectivity index (χ1v) is 3.50. The Morgan fingerprint density at radius 1 is 1.31 bits per heavy atom. The monoisotopic (exact) mass is 184 g/mol. The van der Waals surface area contributed by atoms with Gasteiger partial charge in [-0.3, -0.25) is 14.7 Å². The van der Waals surface area contributed by atoms with Gasteiger partial charge >= 0.3 is 0 Å². The highest BCUT2D eigenvalue weighted by Gasteiger charge is 2.04. The molecule has 0 aliphatic rings. The highest BCUT2D eigenvalue weighted by Crippen LogP contribution is 2.06. The first-order chi connectivity index (χ1) is 6.38. The number of nitrogens with zero attached hydrogens (tertiary/aromatic N) is 1. The van der Waals surface area contributed by atoms with Gasteiger partial charge in [0.2, 0.25) is 0 Å². The molecular weight excluding hydrogens is 176 g/mol. The van der Waals surface area contributed by atoms with E-state index in [4.69, 9.17) is 0 Å². The number of carbonyl (C=O) groups is 2. The fourth-order valence-electron chi connectivity index (χ4n) is 0.828. The molecule has 0 saturated heterocycles. The largest absolute Gasteiger partial charge is 0.463 e. The quantitative estimate of drug-likeness (QED) is 0.617. The summed E-state index contributed by atoms with van der Waals surface area (Å²) in [5.74, 6) is 0. The zero-order valence-corrected chi connectivity index (χ0v) is 6.73. The van der Waals surface area contributed by atoms with Gasteiger partial charge in [-0.1, -0.05) is 0 Å². The van der Waals surface area contributed by atoms with Crippen LogP contribution in [0.5, 0.6) is 0 Å². The van der Waals surface area contributed by atoms with Crippen LogP contribution in [-0.4, -0.2) is 23.1 Å². The molecule has 0 aliphatic carbocycles. The first-order valence-electron chi connectivity index (χ1n) is 3.50. The van der Waals surface area contributed by atoms with E-state index in [1.54, 1.807) is 0 Å². The third-order valence-electron chi connectivity index (χ3n) is 1.41. The van der Waals surface area contributed by atoms with E-state index in [2.05, 4.69) is 19.7 Å². The highest BCUT2D eigenvalue weighted by molar-refractivity contribution is 5.38. The van der Waals surface area contributed by atoms with E-state index in [9.17, 15) is 9.59 Å². The van der Waals surface area contributed by atoms with Crippen LogP contribution in [0.4, 0.5) is 0 Å². The molecule has 1 aromatic rings. The van der Waals surface area contributed by atoms with Gasteiger partial charge in [-0.05, 0) is 0 Å². The Labute approximate surface area is 73.8 Å². The summed E-state index contributed by atoms with van der Waals surface area (Å²) in [6.45, 7) is 0.904. The molecular formula is C7H8N2O4. The van der Waals surface area contributed by atoms with Crippen LogP contribution in [0.1, 0.15) is 11.3 Å². The van der Waals surface area contributed by atoms with Gasteiger partial charge in [0.25, 0.3) is 12.9 Å². The fourth-order valence-corrected chi connectivity index (χ4v) is 0.828. The van der Waals surface area contributed by atoms with Crippen molar-refractivity contribution in [2.24, 2.45) is 0 Å². The van der Waals surface area contributed by atoms with E-state index in [1.165, 1.54) is 6.20 Å². The summed E-state index contributed by atoms with van der Waals surface area (Å²) in [6.07, 6.45) is 1.51.